The summed E-state index contributed by atoms with van der Waals surface area (Å²) >= 11 is 0. The van der Waals surface area contributed by atoms with E-state index < -0.39 is 0 Å². The third-order valence-electron chi connectivity index (χ3n) is 4.09. The maximum atomic E-state index is 12.8. The number of hydrogen-bond donors (Lipinski definition) is 1. The smallest absolute Gasteiger partial charge is 0.258 e. The molecule has 0 aliphatic heterocycles. The minimum Gasteiger partial charge on any atom is -0.324 e. The topological polar surface area (TPSA) is 48.0 Å². The Kier molecular flexibility index (Phi) is 3.59. The minimum atomic E-state index is -0.113. The SMILES string of the molecule is Cc1cc([C@@H](C)N)c2cc(-c3ccccc3)n(C)c(=O)c2c1. The van der Waals surface area contributed by atoms with Gasteiger partial charge in [0, 0.05) is 18.5 Å². The summed E-state index contributed by atoms with van der Waals surface area (Å²) in [4.78, 5) is 12.8. The van der Waals surface area contributed by atoms with Crippen molar-refractivity contribution >= 4 is 10.8 Å². The fourth-order valence-corrected chi connectivity index (χ4v) is 2.95. The number of benzene rings is 2. The van der Waals surface area contributed by atoms with Crippen LogP contribution in [0, 0.1) is 6.92 Å². The van der Waals surface area contributed by atoms with Gasteiger partial charge in [-0.25, -0.2) is 0 Å². The fraction of sp³-hybridized carbons (Fsp3) is 0.211. The zero-order chi connectivity index (χ0) is 15.9. The van der Waals surface area contributed by atoms with Crippen molar-refractivity contribution in [3.8, 4) is 11.3 Å². The van der Waals surface area contributed by atoms with Gasteiger partial charge in [-0.1, -0.05) is 36.4 Å². The van der Waals surface area contributed by atoms with Crippen LogP contribution < -0.4 is 11.3 Å². The summed E-state index contributed by atoms with van der Waals surface area (Å²) in [7, 11) is 1.82. The van der Waals surface area contributed by atoms with Crippen molar-refractivity contribution in [1.82, 2.24) is 4.57 Å². The van der Waals surface area contributed by atoms with Crippen LogP contribution in [0.2, 0.25) is 0 Å². The molecule has 0 bridgehead atoms. The largest absolute Gasteiger partial charge is 0.324 e. The molecule has 0 saturated heterocycles. The van der Waals surface area contributed by atoms with E-state index in [2.05, 4.69) is 12.1 Å². The van der Waals surface area contributed by atoms with Gasteiger partial charge in [-0.05, 0) is 48.1 Å². The third kappa shape index (κ3) is 2.34. The van der Waals surface area contributed by atoms with Gasteiger partial charge < -0.3 is 10.3 Å². The molecule has 0 saturated carbocycles. The standard InChI is InChI=1S/C19H20N2O/c1-12-9-15(13(2)20)16-11-18(14-7-5-4-6-8-14)21(3)19(22)17(16)10-12/h4-11,13H,20H2,1-3H3/t13-/m1/s1. The first-order valence-corrected chi connectivity index (χ1v) is 7.44. The summed E-state index contributed by atoms with van der Waals surface area (Å²) in [5.41, 5.74) is 10.1. The average molecular weight is 292 g/mol. The Morgan fingerprint density at radius 3 is 2.36 bits per heavy atom. The third-order valence-corrected chi connectivity index (χ3v) is 4.09. The van der Waals surface area contributed by atoms with E-state index in [1.54, 1.807) is 4.57 Å². The molecule has 0 fully saturated rings. The second kappa shape index (κ2) is 5.43. The van der Waals surface area contributed by atoms with E-state index in [4.69, 9.17) is 5.73 Å². The van der Waals surface area contributed by atoms with Crippen molar-refractivity contribution in [3.63, 3.8) is 0 Å². The molecule has 3 aromatic rings. The highest BCUT2D eigenvalue weighted by Gasteiger charge is 2.13. The Bertz CT molecular complexity index is 893. The molecular formula is C19H20N2O. The highest BCUT2D eigenvalue weighted by atomic mass is 16.1. The predicted octanol–water partition coefficient (Wildman–Crippen LogP) is 3.53. The lowest BCUT2D eigenvalue weighted by molar-refractivity contribution is 0.823. The molecule has 0 radical (unpaired) electrons. The van der Waals surface area contributed by atoms with Gasteiger partial charge in [-0.2, -0.15) is 0 Å². The molecule has 1 heterocycles. The van der Waals surface area contributed by atoms with Crippen LogP contribution >= 0.6 is 0 Å². The van der Waals surface area contributed by atoms with Crippen molar-refractivity contribution < 1.29 is 0 Å². The van der Waals surface area contributed by atoms with Crippen LogP contribution in [0.15, 0.2) is 53.3 Å². The quantitative estimate of drug-likeness (QED) is 0.785. The van der Waals surface area contributed by atoms with Gasteiger partial charge in [0.15, 0.2) is 0 Å². The van der Waals surface area contributed by atoms with Crippen LogP contribution in [-0.4, -0.2) is 4.57 Å². The van der Waals surface area contributed by atoms with Crippen molar-refractivity contribution in [2.45, 2.75) is 19.9 Å². The van der Waals surface area contributed by atoms with E-state index in [0.29, 0.717) is 0 Å². The number of aromatic nitrogens is 1. The van der Waals surface area contributed by atoms with Crippen molar-refractivity contribution in [2.75, 3.05) is 0 Å². The molecule has 2 aromatic carbocycles. The molecule has 3 heteroatoms. The molecule has 3 nitrogen and oxygen atoms in total. The average Bonchev–Trinajstić information content (AvgIpc) is 2.51. The summed E-state index contributed by atoms with van der Waals surface area (Å²) in [5, 5.41) is 1.68. The predicted molar refractivity (Wildman–Crippen MR) is 92.0 cm³/mol. The Balaban J connectivity index is 2.43. The number of pyridine rings is 1. The molecule has 0 amide bonds. The van der Waals surface area contributed by atoms with Crippen LogP contribution in [0.3, 0.4) is 0 Å². The van der Waals surface area contributed by atoms with E-state index in [1.807, 2.05) is 57.3 Å². The van der Waals surface area contributed by atoms with Crippen LogP contribution in [0.4, 0.5) is 0 Å². The van der Waals surface area contributed by atoms with Gasteiger partial charge in [0.05, 0.1) is 5.69 Å². The highest BCUT2D eigenvalue weighted by molar-refractivity contribution is 5.89. The highest BCUT2D eigenvalue weighted by Crippen LogP contribution is 2.27. The normalized spacial score (nSPS) is 12.5. The Morgan fingerprint density at radius 2 is 1.73 bits per heavy atom. The lowest BCUT2D eigenvalue weighted by Gasteiger charge is -2.15. The fourth-order valence-electron chi connectivity index (χ4n) is 2.95. The Morgan fingerprint density at radius 1 is 1.05 bits per heavy atom. The van der Waals surface area contributed by atoms with E-state index in [0.717, 1.165) is 33.2 Å². The van der Waals surface area contributed by atoms with Crippen LogP contribution in [-0.2, 0) is 7.05 Å². The first-order chi connectivity index (χ1) is 10.5. The van der Waals surface area contributed by atoms with Crippen molar-refractivity contribution in [3.05, 3.63) is 70.0 Å². The number of fused-ring (bicyclic) bond motifs is 1. The minimum absolute atomic E-state index is 0.0157. The van der Waals surface area contributed by atoms with Gasteiger partial charge in [0.25, 0.3) is 5.56 Å². The van der Waals surface area contributed by atoms with Crippen molar-refractivity contribution in [2.24, 2.45) is 12.8 Å². The molecule has 2 N–H and O–H groups in total. The van der Waals surface area contributed by atoms with Gasteiger partial charge in [-0.15, -0.1) is 0 Å². The monoisotopic (exact) mass is 292 g/mol. The summed E-state index contributed by atoms with van der Waals surface area (Å²) in [5.74, 6) is 0. The molecule has 0 spiro atoms. The van der Waals surface area contributed by atoms with Crippen LogP contribution in [0.1, 0.15) is 24.1 Å². The first-order valence-electron chi connectivity index (χ1n) is 7.44. The molecule has 0 unspecified atom stereocenters. The van der Waals surface area contributed by atoms with Gasteiger partial charge in [0.1, 0.15) is 0 Å². The number of nitrogens with zero attached hydrogens (tertiary/aromatic N) is 1. The zero-order valence-corrected chi connectivity index (χ0v) is 13.1. The molecule has 0 aliphatic rings. The summed E-state index contributed by atoms with van der Waals surface area (Å²) in [6.07, 6.45) is 0. The number of hydrogen-bond acceptors (Lipinski definition) is 2. The number of rotatable bonds is 2. The number of nitrogens with two attached hydrogens (primary N) is 1. The number of aryl methyl sites for hydroxylation is 1. The summed E-state index contributed by atoms with van der Waals surface area (Å²) < 4.78 is 1.71. The molecule has 1 aromatic heterocycles. The summed E-state index contributed by atoms with van der Waals surface area (Å²) in [6.45, 7) is 3.95. The molecule has 22 heavy (non-hydrogen) atoms. The van der Waals surface area contributed by atoms with E-state index in [1.165, 1.54) is 0 Å². The zero-order valence-electron chi connectivity index (χ0n) is 13.1. The molecular weight excluding hydrogens is 272 g/mol. The lowest BCUT2D eigenvalue weighted by Crippen LogP contribution is -2.20. The Hall–Kier alpha value is -2.39. The van der Waals surface area contributed by atoms with Crippen LogP contribution in [0.5, 0.6) is 0 Å². The molecule has 112 valence electrons. The van der Waals surface area contributed by atoms with Gasteiger partial charge in [-0.3, -0.25) is 4.79 Å². The van der Waals surface area contributed by atoms with Crippen molar-refractivity contribution in [1.29, 1.82) is 0 Å². The second-order valence-corrected chi connectivity index (χ2v) is 5.86. The molecule has 0 aliphatic carbocycles. The van der Waals surface area contributed by atoms with E-state index in [-0.39, 0.29) is 11.6 Å². The maximum Gasteiger partial charge on any atom is 0.258 e. The van der Waals surface area contributed by atoms with E-state index in [9.17, 15) is 4.79 Å². The molecule has 3 rings (SSSR count). The summed E-state index contributed by atoms with van der Waals surface area (Å²) in [6, 6.07) is 15.9. The first kappa shape index (κ1) is 14.5. The Labute approximate surface area is 130 Å². The molecule has 1 atom stereocenters. The van der Waals surface area contributed by atoms with E-state index >= 15 is 0 Å². The van der Waals surface area contributed by atoms with Crippen LogP contribution in [0.25, 0.3) is 22.0 Å². The van der Waals surface area contributed by atoms with Gasteiger partial charge in [0.2, 0.25) is 0 Å². The second-order valence-electron chi connectivity index (χ2n) is 5.86. The van der Waals surface area contributed by atoms with Gasteiger partial charge >= 0.3 is 0 Å². The lowest BCUT2D eigenvalue weighted by atomic mass is 9.96. The maximum absolute atomic E-state index is 12.8.